The number of ether oxygens (including phenoxy) is 1. The smallest absolute Gasteiger partial charge is 0.315 e. The zero-order valence-electron chi connectivity index (χ0n) is 13.5. The highest BCUT2D eigenvalue weighted by Crippen LogP contribution is 2.18. The molecule has 0 bridgehead atoms. The van der Waals surface area contributed by atoms with Crippen LogP contribution in [-0.4, -0.2) is 24.8 Å². The predicted octanol–water partition coefficient (Wildman–Crippen LogP) is 3.02. The van der Waals surface area contributed by atoms with E-state index in [1.54, 1.807) is 19.2 Å². The van der Waals surface area contributed by atoms with Gasteiger partial charge in [-0.2, -0.15) is 0 Å². The fraction of sp³-hybridized carbons (Fsp3) is 0.278. The molecule has 128 valence electrons. The van der Waals surface area contributed by atoms with E-state index in [-0.39, 0.29) is 18.7 Å². The second-order valence-corrected chi connectivity index (χ2v) is 5.75. The van der Waals surface area contributed by atoms with Crippen LogP contribution in [0.25, 0.3) is 0 Å². The molecule has 2 aromatic carbocycles. The lowest BCUT2D eigenvalue weighted by atomic mass is 10.1. The van der Waals surface area contributed by atoms with E-state index in [0.717, 1.165) is 16.7 Å². The first kappa shape index (κ1) is 18.3. The maximum Gasteiger partial charge on any atom is 0.315 e. The molecule has 0 aliphatic heterocycles. The molecule has 2 rings (SSSR count). The Bertz CT molecular complexity index is 662. The van der Waals surface area contributed by atoms with Crippen molar-refractivity contribution in [3.8, 4) is 0 Å². The Kier molecular flexibility index (Phi) is 7.06. The first-order valence-corrected chi connectivity index (χ1v) is 7.99. The quantitative estimate of drug-likeness (QED) is 0.720. The molecule has 0 aliphatic rings. The van der Waals surface area contributed by atoms with E-state index >= 15 is 0 Å². The van der Waals surface area contributed by atoms with Gasteiger partial charge < -0.3 is 20.5 Å². The molecule has 0 aliphatic carbocycles. The van der Waals surface area contributed by atoms with Crippen LogP contribution in [-0.2, 0) is 17.9 Å². The second kappa shape index (κ2) is 9.27. The minimum Gasteiger partial charge on any atom is -0.392 e. The first-order chi connectivity index (χ1) is 11.6. The molecule has 0 saturated heterocycles. The summed E-state index contributed by atoms with van der Waals surface area (Å²) in [5.74, 6) is 0. The number of amides is 2. The average molecular weight is 349 g/mol. The Morgan fingerprint density at radius 2 is 1.88 bits per heavy atom. The van der Waals surface area contributed by atoms with Crippen molar-refractivity contribution in [2.24, 2.45) is 0 Å². The largest absolute Gasteiger partial charge is 0.392 e. The summed E-state index contributed by atoms with van der Waals surface area (Å²) >= 11 is 5.87. The van der Waals surface area contributed by atoms with Gasteiger partial charge in [-0.05, 0) is 28.8 Å². The highest BCUT2D eigenvalue weighted by molar-refractivity contribution is 6.30. The van der Waals surface area contributed by atoms with E-state index in [4.69, 9.17) is 21.4 Å². The molecule has 0 saturated carbocycles. The molecule has 0 fully saturated rings. The molecule has 0 heterocycles. The molecule has 1 unspecified atom stereocenters. The van der Waals surface area contributed by atoms with Gasteiger partial charge >= 0.3 is 6.03 Å². The molecule has 6 heteroatoms. The van der Waals surface area contributed by atoms with Crippen LogP contribution in [0.5, 0.6) is 0 Å². The Balaban J connectivity index is 1.82. The number of rotatable bonds is 7. The molecule has 5 nitrogen and oxygen atoms in total. The molecule has 1 atom stereocenters. The van der Waals surface area contributed by atoms with E-state index in [1.807, 2.05) is 36.4 Å². The number of aliphatic hydroxyl groups is 1. The summed E-state index contributed by atoms with van der Waals surface area (Å²) in [6, 6.07) is 14.5. The number of halogens is 1. The van der Waals surface area contributed by atoms with Gasteiger partial charge in [-0.15, -0.1) is 0 Å². The molecule has 3 N–H and O–H groups in total. The van der Waals surface area contributed by atoms with E-state index < -0.39 is 0 Å². The summed E-state index contributed by atoms with van der Waals surface area (Å²) in [7, 11) is 1.60. The van der Waals surface area contributed by atoms with Crippen LogP contribution in [0.1, 0.15) is 22.8 Å². The number of hydrogen-bond acceptors (Lipinski definition) is 3. The lowest BCUT2D eigenvalue weighted by Crippen LogP contribution is -2.37. The summed E-state index contributed by atoms with van der Waals surface area (Å²) in [4.78, 5) is 11.9. The van der Waals surface area contributed by atoms with Crippen LogP contribution >= 0.6 is 11.6 Å². The van der Waals surface area contributed by atoms with Crippen molar-refractivity contribution in [2.75, 3.05) is 13.7 Å². The van der Waals surface area contributed by atoms with Gasteiger partial charge in [0.15, 0.2) is 0 Å². The van der Waals surface area contributed by atoms with Crippen molar-refractivity contribution < 1.29 is 14.6 Å². The van der Waals surface area contributed by atoms with Gasteiger partial charge in [-0.1, -0.05) is 48.0 Å². The minimum absolute atomic E-state index is 0.0172. The minimum atomic E-state index is -0.277. The summed E-state index contributed by atoms with van der Waals surface area (Å²) < 4.78 is 5.41. The van der Waals surface area contributed by atoms with Crippen molar-refractivity contribution in [1.29, 1.82) is 0 Å². The third-order valence-electron chi connectivity index (χ3n) is 3.60. The lowest BCUT2D eigenvalue weighted by molar-refractivity contribution is 0.104. The number of methoxy groups -OCH3 is 1. The molecule has 0 radical (unpaired) electrons. The fourth-order valence-electron chi connectivity index (χ4n) is 2.28. The number of nitrogens with one attached hydrogen (secondary N) is 2. The second-order valence-electron chi connectivity index (χ2n) is 5.32. The van der Waals surface area contributed by atoms with Gasteiger partial charge in [0.1, 0.15) is 0 Å². The molecule has 2 amide bonds. The fourth-order valence-corrected chi connectivity index (χ4v) is 2.41. The van der Waals surface area contributed by atoms with Gasteiger partial charge in [0.05, 0.1) is 12.7 Å². The van der Waals surface area contributed by atoms with Crippen molar-refractivity contribution >= 4 is 17.6 Å². The molecular formula is C18H21ClN2O3. The van der Waals surface area contributed by atoms with Crippen molar-refractivity contribution in [2.45, 2.75) is 19.3 Å². The van der Waals surface area contributed by atoms with Crippen LogP contribution < -0.4 is 10.6 Å². The maximum absolute atomic E-state index is 11.9. The summed E-state index contributed by atoms with van der Waals surface area (Å²) in [6.45, 7) is 0.718. The predicted molar refractivity (Wildman–Crippen MR) is 93.8 cm³/mol. The van der Waals surface area contributed by atoms with E-state index in [0.29, 0.717) is 18.1 Å². The van der Waals surface area contributed by atoms with E-state index in [1.165, 1.54) is 0 Å². The van der Waals surface area contributed by atoms with Gasteiger partial charge in [-0.25, -0.2) is 4.79 Å². The Morgan fingerprint density at radius 3 is 2.54 bits per heavy atom. The van der Waals surface area contributed by atoms with Crippen molar-refractivity contribution in [3.05, 3.63) is 70.2 Å². The number of benzene rings is 2. The molecular weight excluding hydrogens is 328 g/mol. The van der Waals surface area contributed by atoms with E-state index in [2.05, 4.69) is 10.6 Å². The Hall–Kier alpha value is -2.08. The number of carbonyl (C=O) groups excluding carboxylic acids is 1. The SMILES string of the molecule is COC(CNC(=O)NCc1cccc(CO)c1)c1ccc(Cl)cc1. The molecule has 24 heavy (non-hydrogen) atoms. The van der Waals surface area contributed by atoms with Crippen molar-refractivity contribution in [1.82, 2.24) is 10.6 Å². The zero-order chi connectivity index (χ0) is 17.4. The number of hydrogen-bond donors (Lipinski definition) is 3. The zero-order valence-corrected chi connectivity index (χ0v) is 14.2. The van der Waals surface area contributed by atoms with Crippen LogP contribution in [0.3, 0.4) is 0 Å². The summed E-state index contributed by atoms with van der Waals surface area (Å²) in [6.07, 6.45) is -0.245. The van der Waals surface area contributed by atoms with Gasteiger partial charge in [-0.3, -0.25) is 0 Å². The molecule has 2 aromatic rings. The highest BCUT2D eigenvalue weighted by Gasteiger charge is 2.12. The van der Waals surface area contributed by atoms with Crippen LogP contribution in [0.4, 0.5) is 4.79 Å². The average Bonchev–Trinajstić information content (AvgIpc) is 2.62. The molecule has 0 spiro atoms. The summed E-state index contributed by atoms with van der Waals surface area (Å²) in [5, 5.41) is 15.3. The van der Waals surface area contributed by atoms with Crippen LogP contribution in [0, 0.1) is 0 Å². The normalized spacial score (nSPS) is 11.8. The summed E-state index contributed by atoms with van der Waals surface area (Å²) in [5.41, 5.74) is 2.69. The van der Waals surface area contributed by atoms with Gasteiger partial charge in [0.25, 0.3) is 0 Å². The van der Waals surface area contributed by atoms with E-state index in [9.17, 15) is 4.79 Å². The van der Waals surface area contributed by atoms with Gasteiger partial charge in [0, 0.05) is 25.2 Å². The number of urea groups is 1. The topological polar surface area (TPSA) is 70.6 Å². The Morgan fingerprint density at radius 1 is 1.17 bits per heavy atom. The third-order valence-corrected chi connectivity index (χ3v) is 3.85. The van der Waals surface area contributed by atoms with Crippen molar-refractivity contribution in [3.63, 3.8) is 0 Å². The monoisotopic (exact) mass is 348 g/mol. The number of carbonyl (C=O) groups is 1. The van der Waals surface area contributed by atoms with Crippen LogP contribution in [0.2, 0.25) is 5.02 Å². The van der Waals surface area contributed by atoms with Gasteiger partial charge in [0.2, 0.25) is 0 Å². The number of aliphatic hydroxyl groups excluding tert-OH is 1. The van der Waals surface area contributed by atoms with Crippen LogP contribution in [0.15, 0.2) is 48.5 Å². The third kappa shape index (κ3) is 5.53. The highest BCUT2D eigenvalue weighted by atomic mass is 35.5. The Labute approximate surface area is 146 Å². The standard InChI is InChI=1S/C18H21ClN2O3/c1-24-17(15-5-7-16(19)8-6-15)11-21-18(23)20-10-13-3-2-4-14(9-13)12-22/h2-9,17,22H,10-12H2,1H3,(H2,20,21,23). The first-order valence-electron chi connectivity index (χ1n) is 7.61. The lowest BCUT2D eigenvalue weighted by Gasteiger charge is -2.17. The maximum atomic E-state index is 11.9. The molecule has 0 aromatic heterocycles.